The Morgan fingerprint density at radius 3 is 2.48 bits per heavy atom. The quantitative estimate of drug-likeness (QED) is 0.808. The maximum absolute atomic E-state index is 12.7. The van der Waals surface area contributed by atoms with Crippen molar-refractivity contribution in [1.82, 2.24) is 0 Å². The summed E-state index contributed by atoms with van der Waals surface area (Å²) in [4.78, 5) is 0. The molecule has 0 saturated heterocycles. The molecule has 2 aromatic carbocycles. The molecule has 110 valence electrons. The van der Waals surface area contributed by atoms with E-state index in [2.05, 4.69) is 5.32 Å². The van der Waals surface area contributed by atoms with E-state index in [1.165, 1.54) is 6.07 Å². The molecule has 0 aromatic heterocycles. The van der Waals surface area contributed by atoms with Gasteiger partial charge in [-0.2, -0.15) is 13.2 Å². The van der Waals surface area contributed by atoms with Gasteiger partial charge < -0.3 is 10.1 Å². The minimum atomic E-state index is -4.36. The second-order valence-electron chi connectivity index (χ2n) is 4.75. The number of rotatable bonds is 1. The van der Waals surface area contributed by atoms with E-state index in [1.54, 1.807) is 12.1 Å². The van der Waals surface area contributed by atoms with Crippen LogP contribution in [0.15, 0.2) is 42.5 Å². The Hall–Kier alpha value is -1.88. The third kappa shape index (κ3) is 2.93. The first-order valence-corrected chi connectivity index (χ1v) is 6.68. The summed E-state index contributed by atoms with van der Waals surface area (Å²) in [6, 6.07) is 10.6. The van der Waals surface area contributed by atoms with Gasteiger partial charge in [0.25, 0.3) is 0 Å². The minimum absolute atomic E-state index is 0.258. The zero-order valence-electron chi connectivity index (χ0n) is 10.7. The van der Waals surface area contributed by atoms with Crippen LogP contribution in [0.3, 0.4) is 0 Å². The summed E-state index contributed by atoms with van der Waals surface area (Å²) >= 11 is 5.83. The van der Waals surface area contributed by atoms with Crippen molar-refractivity contribution < 1.29 is 17.9 Å². The van der Waals surface area contributed by atoms with Gasteiger partial charge in [0.1, 0.15) is 11.9 Å². The molecule has 2 aromatic rings. The standard InChI is InChI=1S/C15H11ClF3NO/c16-11-4-1-9(2-5-11)14-8-20-12-7-10(15(17,18)19)3-6-13(12)21-14/h1-7,14,20H,8H2. The van der Waals surface area contributed by atoms with Crippen LogP contribution < -0.4 is 10.1 Å². The molecule has 0 bridgehead atoms. The fourth-order valence-corrected chi connectivity index (χ4v) is 2.33. The average Bonchev–Trinajstić information content (AvgIpc) is 2.46. The lowest BCUT2D eigenvalue weighted by Crippen LogP contribution is -2.24. The molecule has 0 amide bonds. The summed E-state index contributed by atoms with van der Waals surface area (Å²) in [6.07, 6.45) is -4.62. The molecule has 1 aliphatic heterocycles. The van der Waals surface area contributed by atoms with Crippen LogP contribution in [0.5, 0.6) is 5.75 Å². The lowest BCUT2D eigenvalue weighted by atomic mass is 10.1. The number of halogens is 4. The highest BCUT2D eigenvalue weighted by Crippen LogP contribution is 2.39. The minimum Gasteiger partial charge on any atom is -0.482 e. The van der Waals surface area contributed by atoms with Crippen molar-refractivity contribution in [2.45, 2.75) is 12.3 Å². The topological polar surface area (TPSA) is 21.3 Å². The first kappa shape index (κ1) is 14.1. The first-order chi connectivity index (χ1) is 9.93. The molecular formula is C15H11ClF3NO. The third-order valence-electron chi connectivity index (χ3n) is 3.30. The fraction of sp³-hybridized carbons (Fsp3) is 0.200. The van der Waals surface area contributed by atoms with Crippen molar-refractivity contribution in [2.75, 3.05) is 11.9 Å². The van der Waals surface area contributed by atoms with Crippen molar-refractivity contribution in [3.63, 3.8) is 0 Å². The van der Waals surface area contributed by atoms with Crippen LogP contribution in [-0.4, -0.2) is 6.54 Å². The van der Waals surface area contributed by atoms with E-state index in [0.29, 0.717) is 23.0 Å². The number of nitrogens with one attached hydrogen (secondary N) is 1. The van der Waals surface area contributed by atoms with E-state index in [-0.39, 0.29) is 6.10 Å². The highest BCUT2D eigenvalue weighted by Gasteiger charge is 2.32. The second kappa shape index (κ2) is 5.15. The van der Waals surface area contributed by atoms with Gasteiger partial charge >= 0.3 is 6.18 Å². The molecule has 3 rings (SSSR count). The Kier molecular flexibility index (Phi) is 3.45. The number of ether oxygens (including phenoxy) is 1. The van der Waals surface area contributed by atoms with Crippen molar-refractivity contribution in [3.05, 3.63) is 58.6 Å². The highest BCUT2D eigenvalue weighted by atomic mass is 35.5. The van der Waals surface area contributed by atoms with Gasteiger partial charge in [-0.05, 0) is 35.9 Å². The van der Waals surface area contributed by atoms with Gasteiger partial charge in [-0.1, -0.05) is 23.7 Å². The van der Waals surface area contributed by atoms with Crippen LogP contribution in [0.2, 0.25) is 5.02 Å². The summed E-state index contributed by atoms with van der Waals surface area (Å²) in [7, 11) is 0. The van der Waals surface area contributed by atoms with Crippen LogP contribution in [0.4, 0.5) is 18.9 Å². The van der Waals surface area contributed by atoms with Gasteiger partial charge in [0.05, 0.1) is 17.8 Å². The molecule has 0 spiro atoms. The molecule has 2 nitrogen and oxygen atoms in total. The van der Waals surface area contributed by atoms with E-state index in [0.717, 1.165) is 17.7 Å². The number of hydrogen-bond donors (Lipinski definition) is 1. The highest BCUT2D eigenvalue weighted by molar-refractivity contribution is 6.30. The predicted octanol–water partition coefficient (Wildman–Crippen LogP) is 4.90. The molecule has 1 unspecified atom stereocenters. The molecule has 0 radical (unpaired) electrons. The second-order valence-corrected chi connectivity index (χ2v) is 5.18. The maximum atomic E-state index is 12.7. The van der Waals surface area contributed by atoms with Gasteiger partial charge in [0, 0.05) is 5.02 Å². The largest absolute Gasteiger partial charge is 0.482 e. The number of fused-ring (bicyclic) bond motifs is 1. The zero-order chi connectivity index (χ0) is 15.0. The smallest absolute Gasteiger partial charge is 0.416 e. The van der Waals surface area contributed by atoms with Crippen molar-refractivity contribution >= 4 is 17.3 Å². The molecule has 0 aliphatic carbocycles. The van der Waals surface area contributed by atoms with E-state index >= 15 is 0 Å². The summed E-state index contributed by atoms with van der Waals surface area (Å²) in [5.41, 5.74) is 0.578. The Bertz CT molecular complexity index is 655. The van der Waals surface area contributed by atoms with Crippen LogP contribution in [0.1, 0.15) is 17.2 Å². The Balaban J connectivity index is 1.85. The zero-order valence-corrected chi connectivity index (χ0v) is 11.5. The summed E-state index contributed by atoms with van der Waals surface area (Å²) in [6.45, 7) is 0.399. The number of alkyl halides is 3. The van der Waals surface area contributed by atoms with Crippen LogP contribution >= 0.6 is 11.6 Å². The molecule has 0 saturated carbocycles. The average molecular weight is 314 g/mol. The molecule has 1 N–H and O–H groups in total. The summed E-state index contributed by atoms with van der Waals surface area (Å²) < 4.78 is 43.7. The summed E-state index contributed by atoms with van der Waals surface area (Å²) in [5, 5.41) is 3.60. The Morgan fingerprint density at radius 1 is 1.10 bits per heavy atom. The maximum Gasteiger partial charge on any atom is 0.416 e. The Labute approximate surface area is 124 Å². The lowest BCUT2D eigenvalue weighted by molar-refractivity contribution is -0.137. The van der Waals surface area contributed by atoms with Gasteiger partial charge in [-0.15, -0.1) is 0 Å². The molecule has 1 atom stereocenters. The normalized spacial score (nSPS) is 17.6. The molecular weight excluding hydrogens is 303 g/mol. The van der Waals surface area contributed by atoms with Gasteiger partial charge in [0.2, 0.25) is 0 Å². The Morgan fingerprint density at radius 2 is 1.81 bits per heavy atom. The fourth-order valence-electron chi connectivity index (χ4n) is 2.21. The molecule has 6 heteroatoms. The van der Waals surface area contributed by atoms with Crippen LogP contribution in [0, 0.1) is 0 Å². The third-order valence-corrected chi connectivity index (χ3v) is 3.55. The van der Waals surface area contributed by atoms with Gasteiger partial charge in [0.15, 0.2) is 0 Å². The predicted molar refractivity (Wildman–Crippen MR) is 74.8 cm³/mol. The van der Waals surface area contributed by atoms with Crippen LogP contribution in [0.25, 0.3) is 0 Å². The molecule has 0 fully saturated rings. The van der Waals surface area contributed by atoms with E-state index in [9.17, 15) is 13.2 Å². The van der Waals surface area contributed by atoms with Crippen molar-refractivity contribution in [1.29, 1.82) is 0 Å². The number of benzene rings is 2. The lowest BCUT2D eigenvalue weighted by Gasteiger charge is -2.28. The monoisotopic (exact) mass is 313 g/mol. The number of hydrogen-bond acceptors (Lipinski definition) is 2. The first-order valence-electron chi connectivity index (χ1n) is 6.31. The molecule has 1 heterocycles. The molecule has 1 aliphatic rings. The summed E-state index contributed by atoms with van der Waals surface area (Å²) in [5.74, 6) is 0.411. The SMILES string of the molecule is FC(F)(F)c1ccc2c(c1)NCC(c1ccc(Cl)cc1)O2. The van der Waals surface area contributed by atoms with E-state index < -0.39 is 11.7 Å². The van der Waals surface area contributed by atoms with Gasteiger partial charge in [-0.3, -0.25) is 0 Å². The van der Waals surface area contributed by atoms with E-state index in [1.807, 2.05) is 12.1 Å². The van der Waals surface area contributed by atoms with Crippen molar-refractivity contribution in [2.24, 2.45) is 0 Å². The van der Waals surface area contributed by atoms with E-state index in [4.69, 9.17) is 16.3 Å². The van der Waals surface area contributed by atoms with Crippen molar-refractivity contribution in [3.8, 4) is 5.75 Å². The number of anilines is 1. The molecule has 21 heavy (non-hydrogen) atoms. The van der Waals surface area contributed by atoms with Crippen LogP contribution in [-0.2, 0) is 6.18 Å². The van der Waals surface area contributed by atoms with Gasteiger partial charge in [-0.25, -0.2) is 0 Å².